The van der Waals surface area contributed by atoms with Crippen molar-refractivity contribution in [1.29, 1.82) is 0 Å². The van der Waals surface area contributed by atoms with Crippen LogP contribution in [0.1, 0.15) is 26.5 Å². The Morgan fingerprint density at radius 2 is 2.05 bits per heavy atom. The van der Waals surface area contributed by atoms with Crippen LogP contribution in [-0.2, 0) is 6.54 Å². The average molecular weight is 390 g/mol. The van der Waals surface area contributed by atoms with Crippen LogP contribution < -0.4 is 5.32 Å². The van der Waals surface area contributed by atoms with Crippen LogP contribution in [0.3, 0.4) is 0 Å². The molecule has 1 aromatic carbocycles. The minimum Gasteiger partial charge on any atom is -0.306 e. The molecule has 0 unspecified atom stereocenters. The van der Waals surface area contributed by atoms with Crippen molar-refractivity contribution in [3.05, 3.63) is 44.7 Å². The summed E-state index contributed by atoms with van der Waals surface area (Å²) >= 11 is 8.24. The number of benzene rings is 1. The Hall–Kier alpha value is -0.590. The molecule has 19 heavy (non-hydrogen) atoms. The molecular weight excluding hydrogens is 373 g/mol. The van der Waals surface area contributed by atoms with Crippen LogP contribution >= 0.6 is 34.2 Å². The zero-order valence-corrected chi connectivity index (χ0v) is 14.2. The summed E-state index contributed by atoms with van der Waals surface area (Å²) in [6, 6.07) is 7.83. The van der Waals surface area contributed by atoms with Gasteiger partial charge in [0.25, 0.3) is 0 Å². The first-order valence-corrected chi connectivity index (χ1v) is 7.56. The van der Waals surface area contributed by atoms with Crippen LogP contribution in [0.25, 0.3) is 5.69 Å². The predicted molar refractivity (Wildman–Crippen MR) is 87.9 cm³/mol. The summed E-state index contributed by atoms with van der Waals surface area (Å²) < 4.78 is 2.97. The molecule has 5 heteroatoms. The van der Waals surface area contributed by atoms with E-state index in [0.717, 1.165) is 26.5 Å². The van der Waals surface area contributed by atoms with Crippen LogP contribution in [0, 0.1) is 3.57 Å². The number of halogens is 2. The fourth-order valence-corrected chi connectivity index (χ4v) is 2.73. The molecule has 0 atom stereocenters. The molecule has 2 aromatic rings. The number of hydrogen-bond donors (Lipinski definition) is 1. The number of nitrogens with zero attached hydrogens (tertiary/aromatic N) is 2. The molecule has 0 saturated heterocycles. The Kier molecular flexibility index (Phi) is 4.53. The molecule has 0 radical (unpaired) electrons. The summed E-state index contributed by atoms with van der Waals surface area (Å²) in [7, 11) is 0. The van der Waals surface area contributed by atoms with Crippen molar-refractivity contribution < 1.29 is 0 Å². The second-order valence-corrected chi connectivity index (χ2v) is 7.05. The van der Waals surface area contributed by atoms with Crippen LogP contribution in [0.15, 0.2) is 30.5 Å². The summed E-state index contributed by atoms with van der Waals surface area (Å²) in [6.45, 7) is 7.20. The second-order valence-electron chi connectivity index (χ2n) is 5.45. The van der Waals surface area contributed by atoms with E-state index in [1.165, 1.54) is 0 Å². The van der Waals surface area contributed by atoms with Crippen molar-refractivity contribution in [3.8, 4) is 5.69 Å². The highest BCUT2D eigenvalue weighted by atomic mass is 127. The number of hydrogen-bond acceptors (Lipinski definition) is 2. The molecule has 0 fully saturated rings. The third-order valence-electron chi connectivity index (χ3n) is 2.60. The lowest BCUT2D eigenvalue weighted by molar-refractivity contribution is 0.420. The molecule has 1 aromatic heterocycles. The smallest absolute Gasteiger partial charge is 0.0780 e. The lowest BCUT2D eigenvalue weighted by Gasteiger charge is -2.19. The molecule has 3 nitrogen and oxygen atoms in total. The zero-order valence-electron chi connectivity index (χ0n) is 11.2. The molecule has 0 aliphatic carbocycles. The Balaban J connectivity index is 2.16. The first-order valence-electron chi connectivity index (χ1n) is 6.10. The van der Waals surface area contributed by atoms with Gasteiger partial charge in [-0.15, -0.1) is 0 Å². The maximum Gasteiger partial charge on any atom is 0.0780 e. The van der Waals surface area contributed by atoms with Gasteiger partial charge in [0.05, 0.1) is 11.4 Å². The van der Waals surface area contributed by atoms with Crippen LogP contribution in [0.2, 0.25) is 5.02 Å². The molecule has 0 bridgehead atoms. The largest absolute Gasteiger partial charge is 0.306 e. The highest BCUT2D eigenvalue weighted by molar-refractivity contribution is 14.1. The molecule has 2 rings (SSSR count). The van der Waals surface area contributed by atoms with Gasteiger partial charge in [-0.2, -0.15) is 5.10 Å². The van der Waals surface area contributed by atoms with Gasteiger partial charge in [-0.3, -0.25) is 0 Å². The Morgan fingerprint density at radius 1 is 1.32 bits per heavy atom. The topological polar surface area (TPSA) is 29.9 Å². The summed E-state index contributed by atoms with van der Waals surface area (Å²) in [5.41, 5.74) is 2.17. The number of rotatable bonds is 3. The summed E-state index contributed by atoms with van der Waals surface area (Å²) in [4.78, 5) is 0. The molecule has 0 saturated carbocycles. The van der Waals surface area contributed by atoms with E-state index in [1.807, 2.05) is 35.1 Å². The van der Waals surface area contributed by atoms with E-state index in [-0.39, 0.29) is 5.54 Å². The predicted octanol–water partition coefficient (Wildman–Crippen LogP) is 4.02. The van der Waals surface area contributed by atoms with Gasteiger partial charge in [-0.1, -0.05) is 11.6 Å². The van der Waals surface area contributed by atoms with Gasteiger partial charge >= 0.3 is 0 Å². The highest BCUT2D eigenvalue weighted by Crippen LogP contribution is 2.21. The van der Waals surface area contributed by atoms with Gasteiger partial charge in [0, 0.05) is 26.9 Å². The number of nitrogens with one attached hydrogen (secondary N) is 1. The molecule has 1 heterocycles. The van der Waals surface area contributed by atoms with Gasteiger partial charge in [0.15, 0.2) is 0 Å². The molecule has 0 aliphatic rings. The van der Waals surface area contributed by atoms with Crippen molar-refractivity contribution >= 4 is 34.2 Å². The van der Waals surface area contributed by atoms with Gasteiger partial charge in [0.1, 0.15) is 0 Å². The van der Waals surface area contributed by atoms with E-state index in [1.54, 1.807) is 0 Å². The van der Waals surface area contributed by atoms with Crippen molar-refractivity contribution in [1.82, 2.24) is 15.1 Å². The van der Waals surface area contributed by atoms with Crippen LogP contribution in [0.4, 0.5) is 0 Å². The molecule has 0 aliphatic heterocycles. The minimum absolute atomic E-state index is 0.0957. The van der Waals surface area contributed by atoms with Gasteiger partial charge in [-0.25, -0.2) is 4.68 Å². The van der Waals surface area contributed by atoms with E-state index in [0.29, 0.717) is 0 Å². The number of aromatic nitrogens is 2. The molecule has 0 amide bonds. The SMILES string of the molecule is CC(C)(C)NCc1ccn(-c2ccc(Cl)cc2I)n1. The van der Waals surface area contributed by atoms with Crippen molar-refractivity contribution in [3.63, 3.8) is 0 Å². The Morgan fingerprint density at radius 3 is 2.68 bits per heavy atom. The van der Waals surface area contributed by atoms with E-state index < -0.39 is 0 Å². The average Bonchev–Trinajstić information content (AvgIpc) is 2.74. The third kappa shape index (κ3) is 4.19. The van der Waals surface area contributed by atoms with Gasteiger partial charge < -0.3 is 5.32 Å². The zero-order chi connectivity index (χ0) is 14.0. The van der Waals surface area contributed by atoms with Gasteiger partial charge in [-0.05, 0) is 67.6 Å². The van der Waals surface area contributed by atoms with E-state index in [2.05, 4.69) is 53.8 Å². The quantitative estimate of drug-likeness (QED) is 0.804. The molecule has 102 valence electrons. The van der Waals surface area contributed by atoms with Gasteiger partial charge in [0.2, 0.25) is 0 Å². The summed E-state index contributed by atoms with van der Waals surface area (Å²) in [5.74, 6) is 0. The molecule has 1 N–H and O–H groups in total. The normalized spacial score (nSPS) is 11.8. The maximum absolute atomic E-state index is 5.97. The van der Waals surface area contributed by atoms with Crippen molar-refractivity contribution in [2.24, 2.45) is 0 Å². The molecule has 0 spiro atoms. The first-order chi connectivity index (χ1) is 8.85. The lowest BCUT2D eigenvalue weighted by atomic mass is 10.1. The maximum atomic E-state index is 5.97. The van der Waals surface area contributed by atoms with E-state index in [4.69, 9.17) is 11.6 Å². The summed E-state index contributed by atoms with van der Waals surface area (Å²) in [6.07, 6.45) is 1.98. The Labute approximate surface area is 132 Å². The van der Waals surface area contributed by atoms with Crippen LogP contribution in [0.5, 0.6) is 0 Å². The molecular formula is C14H17ClIN3. The van der Waals surface area contributed by atoms with Crippen molar-refractivity contribution in [2.45, 2.75) is 32.9 Å². The van der Waals surface area contributed by atoms with E-state index >= 15 is 0 Å². The lowest BCUT2D eigenvalue weighted by Crippen LogP contribution is -2.35. The highest BCUT2D eigenvalue weighted by Gasteiger charge is 2.10. The standard InChI is InChI=1S/C14H17ClIN3/c1-14(2,3)17-9-11-6-7-19(18-11)13-5-4-10(15)8-12(13)16/h4-8,17H,9H2,1-3H3. The van der Waals surface area contributed by atoms with Crippen molar-refractivity contribution in [2.75, 3.05) is 0 Å². The summed E-state index contributed by atoms with van der Waals surface area (Å²) in [5, 5.41) is 8.75. The fourth-order valence-electron chi connectivity index (χ4n) is 1.61. The van der Waals surface area contributed by atoms with E-state index in [9.17, 15) is 0 Å². The van der Waals surface area contributed by atoms with Crippen LogP contribution in [-0.4, -0.2) is 15.3 Å². The minimum atomic E-state index is 0.0957. The Bertz CT molecular complexity index is 572. The third-order valence-corrected chi connectivity index (χ3v) is 3.70. The fraction of sp³-hybridized carbons (Fsp3) is 0.357. The first kappa shape index (κ1) is 14.8. The second kappa shape index (κ2) is 5.81. The monoisotopic (exact) mass is 389 g/mol.